The second-order valence-electron chi connectivity index (χ2n) is 5.93. The van der Waals surface area contributed by atoms with Gasteiger partial charge in [-0.1, -0.05) is 58.0 Å². The highest BCUT2D eigenvalue weighted by atomic mass is 16.1. The van der Waals surface area contributed by atoms with Gasteiger partial charge < -0.3 is 9.80 Å². The maximum atomic E-state index is 12.2. The number of nitrogens with zero attached hydrogens (tertiary/aromatic N) is 2. The zero-order chi connectivity index (χ0) is 17.9. The topological polar surface area (TPSA) is 23.6 Å². The minimum absolute atomic E-state index is 0.0401. The standard InChI is InChI=1S/C19H26N2O.C2H6/c1-4-5-17-7-9-18(10-8-17)19(22)11-6-16(2)21-14-12-20(3)13-15-21;1-2/h6-11H,2,4-5,12-15H2,1,3H3;1-2H3/b11-6+;. The van der Waals surface area contributed by atoms with E-state index in [1.165, 1.54) is 5.56 Å². The lowest BCUT2D eigenvalue weighted by atomic mass is 10.0. The average molecular weight is 329 g/mol. The molecule has 0 radical (unpaired) electrons. The minimum atomic E-state index is 0.0401. The monoisotopic (exact) mass is 328 g/mol. The van der Waals surface area contributed by atoms with Gasteiger partial charge in [0.1, 0.15) is 0 Å². The molecule has 0 atom stereocenters. The molecule has 0 bridgehead atoms. The summed E-state index contributed by atoms with van der Waals surface area (Å²) in [7, 11) is 2.13. The Bertz CT molecular complexity index is 537. The van der Waals surface area contributed by atoms with E-state index in [-0.39, 0.29) is 5.78 Å². The van der Waals surface area contributed by atoms with E-state index in [1.807, 2.05) is 44.2 Å². The molecule has 1 aromatic carbocycles. The first kappa shape index (κ1) is 20.2. The van der Waals surface area contributed by atoms with Crippen molar-refractivity contribution in [2.45, 2.75) is 33.6 Å². The Kier molecular flexibility index (Phi) is 9.10. The summed E-state index contributed by atoms with van der Waals surface area (Å²) in [5.41, 5.74) is 2.94. The Morgan fingerprint density at radius 2 is 1.67 bits per heavy atom. The van der Waals surface area contributed by atoms with Gasteiger partial charge in [0, 0.05) is 37.4 Å². The van der Waals surface area contributed by atoms with Crippen LogP contribution in [0.5, 0.6) is 0 Å². The van der Waals surface area contributed by atoms with Crippen LogP contribution < -0.4 is 0 Å². The molecule has 0 aliphatic carbocycles. The molecular formula is C21H32N2O. The van der Waals surface area contributed by atoms with Crippen LogP contribution in [-0.4, -0.2) is 48.8 Å². The van der Waals surface area contributed by atoms with Gasteiger partial charge in [-0.15, -0.1) is 0 Å². The molecule has 132 valence electrons. The number of likely N-dealkylation sites (N-methyl/N-ethyl adjacent to an activating group) is 1. The summed E-state index contributed by atoms with van der Waals surface area (Å²) >= 11 is 0. The fraction of sp³-hybridized carbons (Fsp3) is 0.476. The minimum Gasteiger partial charge on any atom is -0.369 e. The quantitative estimate of drug-likeness (QED) is 0.445. The first-order chi connectivity index (χ1) is 11.6. The van der Waals surface area contributed by atoms with E-state index >= 15 is 0 Å². The summed E-state index contributed by atoms with van der Waals surface area (Å²) in [5, 5.41) is 0. The maximum absolute atomic E-state index is 12.2. The van der Waals surface area contributed by atoms with Crippen LogP contribution in [-0.2, 0) is 6.42 Å². The van der Waals surface area contributed by atoms with Crippen LogP contribution >= 0.6 is 0 Å². The van der Waals surface area contributed by atoms with Crippen molar-refractivity contribution in [3.05, 3.63) is 59.8 Å². The highest BCUT2D eigenvalue weighted by Crippen LogP contribution is 2.11. The van der Waals surface area contributed by atoms with Gasteiger partial charge in [-0.05, 0) is 31.2 Å². The van der Waals surface area contributed by atoms with Crippen molar-refractivity contribution >= 4 is 5.78 Å². The smallest absolute Gasteiger partial charge is 0.185 e. The molecule has 0 spiro atoms. The molecule has 1 fully saturated rings. The van der Waals surface area contributed by atoms with E-state index < -0.39 is 0 Å². The molecule has 3 nitrogen and oxygen atoms in total. The Hall–Kier alpha value is -1.87. The normalized spacial score (nSPS) is 15.1. The van der Waals surface area contributed by atoms with Gasteiger partial charge in [-0.3, -0.25) is 4.79 Å². The van der Waals surface area contributed by atoms with Gasteiger partial charge in [-0.25, -0.2) is 0 Å². The van der Waals surface area contributed by atoms with E-state index in [0.29, 0.717) is 0 Å². The molecular weight excluding hydrogens is 296 g/mol. The number of ketones is 1. The number of aryl methyl sites for hydroxylation is 1. The molecule has 1 heterocycles. The third-order valence-corrected chi connectivity index (χ3v) is 4.11. The largest absolute Gasteiger partial charge is 0.369 e. The molecule has 0 amide bonds. The van der Waals surface area contributed by atoms with Crippen molar-refractivity contribution in [3.63, 3.8) is 0 Å². The number of carbonyl (C=O) groups is 1. The summed E-state index contributed by atoms with van der Waals surface area (Å²) in [6.45, 7) is 14.3. The fourth-order valence-electron chi connectivity index (χ4n) is 2.59. The second kappa shape index (κ2) is 10.8. The van der Waals surface area contributed by atoms with Crippen LogP contribution in [0.3, 0.4) is 0 Å². The maximum Gasteiger partial charge on any atom is 0.185 e. The number of rotatable bonds is 6. The third-order valence-electron chi connectivity index (χ3n) is 4.11. The zero-order valence-corrected chi connectivity index (χ0v) is 15.7. The van der Waals surface area contributed by atoms with Crippen LogP contribution in [0.1, 0.15) is 43.1 Å². The summed E-state index contributed by atoms with van der Waals surface area (Å²) in [4.78, 5) is 16.7. The number of hydrogen-bond donors (Lipinski definition) is 0. The number of carbonyl (C=O) groups excluding carboxylic acids is 1. The fourth-order valence-corrected chi connectivity index (χ4v) is 2.59. The van der Waals surface area contributed by atoms with Crippen molar-refractivity contribution in [2.75, 3.05) is 33.2 Å². The molecule has 1 aliphatic heterocycles. The van der Waals surface area contributed by atoms with Gasteiger partial charge in [-0.2, -0.15) is 0 Å². The molecule has 1 aromatic rings. The van der Waals surface area contributed by atoms with Crippen molar-refractivity contribution < 1.29 is 4.79 Å². The first-order valence-corrected chi connectivity index (χ1v) is 9.04. The molecule has 0 saturated carbocycles. The molecule has 1 aliphatic rings. The third kappa shape index (κ3) is 6.32. The molecule has 3 heteroatoms. The molecule has 0 aromatic heterocycles. The number of benzene rings is 1. The molecule has 24 heavy (non-hydrogen) atoms. The summed E-state index contributed by atoms with van der Waals surface area (Å²) < 4.78 is 0. The SMILES string of the molecule is C=C(/C=C/C(=O)c1ccc(CCC)cc1)N1CCN(C)CC1.CC. The predicted molar refractivity (Wildman–Crippen MR) is 103 cm³/mol. The Morgan fingerprint density at radius 3 is 2.21 bits per heavy atom. The van der Waals surface area contributed by atoms with Crippen LogP contribution in [0, 0.1) is 0 Å². The first-order valence-electron chi connectivity index (χ1n) is 9.04. The van der Waals surface area contributed by atoms with Crippen molar-refractivity contribution in [2.24, 2.45) is 0 Å². The molecule has 0 N–H and O–H groups in total. The van der Waals surface area contributed by atoms with Gasteiger partial charge in [0.15, 0.2) is 5.78 Å². The Balaban J connectivity index is 0.00000139. The van der Waals surface area contributed by atoms with Crippen LogP contribution in [0.2, 0.25) is 0 Å². The molecule has 1 saturated heterocycles. The van der Waals surface area contributed by atoms with Crippen molar-refractivity contribution in [1.82, 2.24) is 9.80 Å². The van der Waals surface area contributed by atoms with Crippen molar-refractivity contribution in [1.29, 1.82) is 0 Å². The lowest BCUT2D eigenvalue weighted by Gasteiger charge is -2.34. The van der Waals surface area contributed by atoms with Gasteiger partial charge in [0.25, 0.3) is 0 Å². The Labute approximate surface area is 147 Å². The molecule has 2 rings (SSSR count). The van der Waals surface area contributed by atoms with Gasteiger partial charge >= 0.3 is 0 Å². The molecule has 0 unspecified atom stereocenters. The average Bonchev–Trinajstić information content (AvgIpc) is 2.62. The highest BCUT2D eigenvalue weighted by Gasteiger charge is 2.13. The van der Waals surface area contributed by atoms with Crippen molar-refractivity contribution in [3.8, 4) is 0 Å². The second-order valence-corrected chi connectivity index (χ2v) is 5.93. The van der Waals surface area contributed by atoms with E-state index in [0.717, 1.165) is 50.3 Å². The predicted octanol–water partition coefficient (Wildman–Crippen LogP) is 4.17. The lowest BCUT2D eigenvalue weighted by molar-refractivity contribution is 0.104. The van der Waals surface area contributed by atoms with Gasteiger partial charge in [0.05, 0.1) is 0 Å². The highest BCUT2D eigenvalue weighted by molar-refractivity contribution is 6.04. The number of allylic oxidation sites excluding steroid dienone is 2. The summed E-state index contributed by atoms with van der Waals surface area (Å²) in [6.07, 6.45) is 5.66. The van der Waals surface area contributed by atoms with E-state index in [2.05, 4.69) is 30.4 Å². The van der Waals surface area contributed by atoms with Crippen LogP contribution in [0.4, 0.5) is 0 Å². The van der Waals surface area contributed by atoms with E-state index in [4.69, 9.17) is 0 Å². The zero-order valence-electron chi connectivity index (χ0n) is 15.7. The number of hydrogen-bond acceptors (Lipinski definition) is 3. The summed E-state index contributed by atoms with van der Waals surface area (Å²) in [5.74, 6) is 0.0401. The lowest BCUT2D eigenvalue weighted by Crippen LogP contribution is -2.43. The van der Waals surface area contributed by atoms with E-state index in [9.17, 15) is 4.79 Å². The number of piperazine rings is 1. The van der Waals surface area contributed by atoms with E-state index in [1.54, 1.807) is 6.08 Å². The van der Waals surface area contributed by atoms with Gasteiger partial charge in [0.2, 0.25) is 0 Å². The van der Waals surface area contributed by atoms with Crippen LogP contribution in [0.25, 0.3) is 0 Å². The Morgan fingerprint density at radius 1 is 1.08 bits per heavy atom. The van der Waals surface area contributed by atoms with Crippen LogP contribution in [0.15, 0.2) is 48.7 Å². The summed E-state index contributed by atoms with van der Waals surface area (Å²) in [6, 6.07) is 7.91.